The second-order valence-corrected chi connectivity index (χ2v) is 8.93. The first-order chi connectivity index (χ1) is 15.5. The average molecular weight is 450 g/mol. The molecule has 1 fully saturated rings. The van der Waals surface area contributed by atoms with Crippen molar-refractivity contribution < 1.29 is 9.53 Å². The number of carbonyl (C=O) groups excluding carboxylic acids is 1. The van der Waals surface area contributed by atoms with Crippen molar-refractivity contribution in [3.05, 3.63) is 71.4 Å². The number of rotatable bonds is 7. The van der Waals surface area contributed by atoms with Gasteiger partial charge in [-0.15, -0.1) is 0 Å². The molecular formula is C24H27N5O2S. The molecular weight excluding hydrogens is 422 g/mol. The maximum Gasteiger partial charge on any atom is 0.248 e. The van der Waals surface area contributed by atoms with Crippen molar-refractivity contribution in [2.45, 2.75) is 23.3 Å². The van der Waals surface area contributed by atoms with Crippen molar-refractivity contribution in [3.63, 3.8) is 0 Å². The number of aryl methyl sites for hydroxylation is 1. The van der Waals surface area contributed by atoms with Crippen molar-refractivity contribution >= 4 is 23.6 Å². The van der Waals surface area contributed by atoms with E-state index in [1.54, 1.807) is 12.1 Å². The number of nitrogens with two attached hydrogens (primary N) is 1. The van der Waals surface area contributed by atoms with Crippen LogP contribution >= 0.6 is 11.8 Å². The zero-order chi connectivity index (χ0) is 22.5. The lowest BCUT2D eigenvalue weighted by Gasteiger charge is -2.32. The molecule has 1 aliphatic rings. The summed E-state index contributed by atoms with van der Waals surface area (Å²) in [7, 11) is 2.12. The van der Waals surface area contributed by atoms with Gasteiger partial charge in [0.25, 0.3) is 0 Å². The first-order valence-corrected chi connectivity index (χ1v) is 11.4. The van der Waals surface area contributed by atoms with E-state index in [0.717, 1.165) is 47.1 Å². The third kappa shape index (κ3) is 5.38. The molecule has 7 nitrogen and oxygen atoms in total. The number of hydrogen-bond acceptors (Lipinski definition) is 7. The van der Waals surface area contributed by atoms with E-state index >= 15 is 0 Å². The number of carbonyl (C=O) groups is 1. The van der Waals surface area contributed by atoms with Gasteiger partial charge >= 0.3 is 0 Å². The number of anilines is 1. The molecule has 0 saturated carbocycles. The summed E-state index contributed by atoms with van der Waals surface area (Å²) in [6, 6.07) is 15.5. The highest BCUT2D eigenvalue weighted by Gasteiger charge is 2.19. The van der Waals surface area contributed by atoms with Crippen molar-refractivity contribution in [1.29, 1.82) is 0 Å². The van der Waals surface area contributed by atoms with E-state index in [2.05, 4.69) is 21.8 Å². The van der Waals surface area contributed by atoms with Crippen molar-refractivity contribution in [1.82, 2.24) is 14.9 Å². The Balaban J connectivity index is 1.60. The maximum atomic E-state index is 11.5. The van der Waals surface area contributed by atoms with E-state index in [4.69, 9.17) is 15.5 Å². The fourth-order valence-electron chi connectivity index (χ4n) is 3.44. The van der Waals surface area contributed by atoms with Crippen LogP contribution in [0.1, 0.15) is 21.5 Å². The van der Waals surface area contributed by atoms with Crippen LogP contribution in [0.5, 0.6) is 5.88 Å². The summed E-state index contributed by atoms with van der Waals surface area (Å²) in [5.41, 5.74) is 7.94. The number of primary amides is 1. The summed E-state index contributed by atoms with van der Waals surface area (Å²) in [5.74, 6) is 0.809. The molecule has 0 atom stereocenters. The molecule has 1 amide bonds. The van der Waals surface area contributed by atoms with Gasteiger partial charge in [-0.3, -0.25) is 4.79 Å². The van der Waals surface area contributed by atoms with E-state index in [1.165, 1.54) is 11.8 Å². The average Bonchev–Trinajstić information content (AvgIpc) is 2.80. The van der Waals surface area contributed by atoms with Gasteiger partial charge in [-0.2, -0.15) is 4.98 Å². The van der Waals surface area contributed by atoms with Crippen molar-refractivity contribution in [2.24, 2.45) is 5.73 Å². The summed E-state index contributed by atoms with van der Waals surface area (Å²) in [4.78, 5) is 27.2. The zero-order valence-corrected chi connectivity index (χ0v) is 19.1. The lowest BCUT2D eigenvalue weighted by Crippen LogP contribution is -2.45. The minimum Gasteiger partial charge on any atom is -0.472 e. The summed E-state index contributed by atoms with van der Waals surface area (Å²) in [6.45, 7) is 6.10. The molecule has 0 bridgehead atoms. The lowest BCUT2D eigenvalue weighted by molar-refractivity contribution is 0.1000. The number of amides is 1. The smallest absolute Gasteiger partial charge is 0.248 e. The molecule has 0 unspecified atom stereocenters. The molecule has 0 aliphatic carbocycles. The fraction of sp³-hybridized carbons (Fsp3) is 0.292. The van der Waals surface area contributed by atoms with Crippen LogP contribution in [0.15, 0.2) is 64.5 Å². The first-order valence-electron chi connectivity index (χ1n) is 10.5. The number of aromatic nitrogens is 2. The molecule has 1 aliphatic heterocycles. The van der Waals surface area contributed by atoms with Crippen LogP contribution in [0.3, 0.4) is 0 Å². The Morgan fingerprint density at radius 1 is 1.09 bits per heavy atom. The van der Waals surface area contributed by atoms with E-state index in [9.17, 15) is 4.79 Å². The highest BCUT2D eigenvalue weighted by atomic mass is 32.2. The molecule has 1 aromatic heterocycles. The number of likely N-dealkylation sites (N-methyl/N-ethyl adjacent to an activating group) is 1. The van der Waals surface area contributed by atoms with Crippen molar-refractivity contribution in [2.75, 3.05) is 38.1 Å². The Kier molecular flexibility index (Phi) is 6.92. The van der Waals surface area contributed by atoms with Gasteiger partial charge in [0.15, 0.2) is 0 Å². The maximum absolute atomic E-state index is 11.5. The lowest BCUT2D eigenvalue weighted by atomic mass is 10.1. The zero-order valence-electron chi connectivity index (χ0n) is 18.3. The summed E-state index contributed by atoms with van der Waals surface area (Å²) < 4.78 is 6.17. The summed E-state index contributed by atoms with van der Waals surface area (Å²) >= 11 is 1.52. The molecule has 0 radical (unpaired) electrons. The molecule has 32 heavy (non-hydrogen) atoms. The van der Waals surface area contributed by atoms with Crippen LogP contribution in [0.4, 0.5) is 5.95 Å². The van der Waals surface area contributed by atoms with E-state index < -0.39 is 5.91 Å². The second kappa shape index (κ2) is 10.0. The number of hydrogen-bond donors (Lipinski definition) is 1. The predicted octanol–water partition coefficient (Wildman–Crippen LogP) is 3.37. The third-order valence-corrected chi connectivity index (χ3v) is 6.57. The van der Waals surface area contributed by atoms with E-state index in [1.807, 2.05) is 49.5 Å². The minimum absolute atomic E-state index is 0.424. The van der Waals surface area contributed by atoms with Gasteiger partial charge in [-0.1, -0.05) is 42.1 Å². The van der Waals surface area contributed by atoms with E-state index in [-0.39, 0.29) is 0 Å². The first kappa shape index (κ1) is 22.1. The minimum atomic E-state index is -0.434. The highest BCUT2D eigenvalue weighted by Crippen LogP contribution is 2.36. The molecule has 8 heteroatoms. The van der Waals surface area contributed by atoms with Gasteiger partial charge in [0, 0.05) is 36.6 Å². The predicted molar refractivity (Wildman–Crippen MR) is 126 cm³/mol. The molecule has 2 heterocycles. The van der Waals surface area contributed by atoms with Crippen LogP contribution in [0.25, 0.3) is 0 Å². The van der Waals surface area contributed by atoms with Crippen LogP contribution in [-0.4, -0.2) is 54.0 Å². The van der Waals surface area contributed by atoms with Crippen LogP contribution in [-0.2, 0) is 6.61 Å². The number of nitrogens with zero attached hydrogens (tertiary/aromatic N) is 4. The molecule has 3 aromatic rings. The van der Waals surface area contributed by atoms with Gasteiger partial charge in [0.1, 0.15) is 6.61 Å². The van der Waals surface area contributed by atoms with Gasteiger partial charge in [-0.05, 0) is 43.3 Å². The molecule has 166 valence electrons. The Morgan fingerprint density at radius 3 is 2.53 bits per heavy atom. The molecule has 4 rings (SSSR count). The Morgan fingerprint density at radius 2 is 1.84 bits per heavy atom. The standard InChI is InChI=1S/C24H27N5O2S/c1-17-14-19(22(25)30)8-9-20(17)32-21-15-26-24(29-12-10-28(2)11-13-29)27-23(21)31-16-18-6-4-3-5-7-18/h3-9,14-15H,10-13,16H2,1-2H3,(H2,25,30). The quantitative estimate of drug-likeness (QED) is 0.592. The number of ether oxygens (including phenoxy) is 1. The topological polar surface area (TPSA) is 84.6 Å². The molecule has 0 spiro atoms. The van der Waals surface area contributed by atoms with Gasteiger partial charge in [0.05, 0.1) is 11.1 Å². The Bertz CT molecular complexity index is 1090. The third-order valence-electron chi connectivity index (χ3n) is 5.39. The second-order valence-electron chi connectivity index (χ2n) is 7.85. The Hall–Kier alpha value is -3.10. The molecule has 2 aromatic carbocycles. The fourth-order valence-corrected chi connectivity index (χ4v) is 4.33. The highest BCUT2D eigenvalue weighted by molar-refractivity contribution is 7.99. The SMILES string of the molecule is Cc1cc(C(N)=O)ccc1Sc1cnc(N2CCN(C)CC2)nc1OCc1ccccc1. The normalized spacial score (nSPS) is 14.4. The number of piperazine rings is 1. The molecule has 2 N–H and O–H groups in total. The van der Waals surface area contributed by atoms with Crippen LogP contribution < -0.4 is 15.4 Å². The van der Waals surface area contributed by atoms with Gasteiger partial charge < -0.3 is 20.3 Å². The number of benzene rings is 2. The van der Waals surface area contributed by atoms with Crippen molar-refractivity contribution in [3.8, 4) is 5.88 Å². The largest absolute Gasteiger partial charge is 0.472 e. The van der Waals surface area contributed by atoms with E-state index in [0.29, 0.717) is 24.0 Å². The van der Waals surface area contributed by atoms with Gasteiger partial charge in [0.2, 0.25) is 17.7 Å². The monoisotopic (exact) mass is 449 g/mol. The summed E-state index contributed by atoms with van der Waals surface area (Å²) in [6.07, 6.45) is 1.83. The van der Waals surface area contributed by atoms with Gasteiger partial charge in [-0.25, -0.2) is 4.98 Å². The Labute approximate surface area is 192 Å². The summed E-state index contributed by atoms with van der Waals surface area (Å²) in [5, 5.41) is 0. The van der Waals surface area contributed by atoms with Crippen LogP contribution in [0, 0.1) is 6.92 Å². The molecule has 1 saturated heterocycles. The van der Waals surface area contributed by atoms with Crippen LogP contribution in [0.2, 0.25) is 0 Å².